The number of carbonyl (C=O) groups excluding carboxylic acids is 1. The van der Waals surface area contributed by atoms with Crippen molar-refractivity contribution in [3.63, 3.8) is 0 Å². The van der Waals surface area contributed by atoms with Gasteiger partial charge in [0.25, 0.3) is 0 Å². The van der Waals surface area contributed by atoms with E-state index < -0.39 is 0 Å². The van der Waals surface area contributed by atoms with Crippen molar-refractivity contribution in [3.8, 4) is 0 Å². The van der Waals surface area contributed by atoms with Crippen LogP contribution in [0, 0.1) is 29.6 Å². The van der Waals surface area contributed by atoms with Gasteiger partial charge < -0.3 is 10.2 Å². The molecule has 24 heavy (non-hydrogen) atoms. The number of hydrogen-bond donors (Lipinski definition) is 1. The fourth-order valence-electron chi connectivity index (χ4n) is 5.51. The van der Waals surface area contributed by atoms with E-state index in [0.717, 1.165) is 19.0 Å². The average Bonchev–Trinajstić information content (AvgIpc) is 3.23. The molecule has 0 bridgehead atoms. The van der Waals surface area contributed by atoms with E-state index in [1.807, 2.05) is 0 Å². The summed E-state index contributed by atoms with van der Waals surface area (Å²) in [4.78, 5) is 15.5. The molecule has 138 valence electrons. The summed E-state index contributed by atoms with van der Waals surface area (Å²) in [7, 11) is 0. The monoisotopic (exact) mass is 334 g/mol. The normalized spacial score (nSPS) is 35.7. The predicted octanol–water partition coefficient (Wildman–Crippen LogP) is 4.08. The molecule has 3 aliphatic rings. The lowest BCUT2D eigenvalue weighted by atomic mass is 9.70. The van der Waals surface area contributed by atoms with Crippen LogP contribution >= 0.6 is 0 Å². The van der Waals surface area contributed by atoms with Crippen molar-refractivity contribution in [1.29, 1.82) is 0 Å². The molecule has 1 heterocycles. The van der Waals surface area contributed by atoms with E-state index in [0.29, 0.717) is 29.6 Å². The highest BCUT2D eigenvalue weighted by Crippen LogP contribution is 2.38. The average molecular weight is 335 g/mol. The van der Waals surface area contributed by atoms with Gasteiger partial charge in [0.1, 0.15) is 0 Å². The van der Waals surface area contributed by atoms with Crippen LogP contribution in [0.2, 0.25) is 0 Å². The van der Waals surface area contributed by atoms with Crippen LogP contribution in [0.5, 0.6) is 0 Å². The lowest BCUT2D eigenvalue weighted by Crippen LogP contribution is -2.42. The molecule has 2 unspecified atom stereocenters. The first-order valence-electron chi connectivity index (χ1n) is 10.6. The summed E-state index contributed by atoms with van der Waals surface area (Å²) < 4.78 is 0. The van der Waals surface area contributed by atoms with Crippen LogP contribution in [0.25, 0.3) is 0 Å². The number of likely N-dealkylation sites (tertiary alicyclic amines) is 1. The molecule has 0 spiro atoms. The van der Waals surface area contributed by atoms with Gasteiger partial charge in [-0.15, -0.1) is 0 Å². The third-order valence-electron chi connectivity index (χ3n) is 7.08. The zero-order valence-corrected chi connectivity index (χ0v) is 16.1. The van der Waals surface area contributed by atoms with Crippen LogP contribution < -0.4 is 5.32 Å². The van der Waals surface area contributed by atoms with Crippen molar-refractivity contribution in [3.05, 3.63) is 0 Å². The van der Waals surface area contributed by atoms with Gasteiger partial charge in [-0.2, -0.15) is 0 Å². The number of nitrogens with zero attached hydrogens (tertiary/aromatic N) is 1. The minimum absolute atomic E-state index is 0.251. The molecule has 1 aliphatic heterocycles. The SMILES string of the molecule is CC(C)[C@@H]1CC[C@@H](C)CC1C(=O)NCC1CCN(C2CCCC2)C1. The van der Waals surface area contributed by atoms with Crippen LogP contribution in [-0.2, 0) is 4.79 Å². The summed E-state index contributed by atoms with van der Waals surface area (Å²) in [6, 6.07) is 0.843. The Balaban J connectivity index is 1.46. The van der Waals surface area contributed by atoms with Gasteiger partial charge in [-0.1, -0.05) is 40.0 Å². The van der Waals surface area contributed by atoms with Gasteiger partial charge in [-0.05, 0) is 62.3 Å². The Morgan fingerprint density at radius 1 is 1.12 bits per heavy atom. The number of amides is 1. The number of nitrogens with one attached hydrogen (secondary N) is 1. The molecule has 2 saturated carbocycles. The Morgan fingerprint density at radius 3 is 2.58 bits per heavy atom. The molecule has 3 fully saturated rings. The molecule has 1 N–H and O–H groups in total. The lowest BCUT2D eigenvalue weighted by molar-refractivity contribution is -0.129. The van der Waals surface area contributed by atoms with Crippen molar-refractivity contribution in [2.45, 2.75) is 78.2 Å². The van der Waals surface area contributed by atoms with Crippen molar-refractivity contribution in [2.75, 3.05) is 19.6 Å². The summed E-state index contributed by atoms with van der Waals surface area (Å²) in [6.07, 6.45) is 10.5. The zero-order chi connectivity index (χ0) is 17.1. The molecule has 3 heteroatoms. The highest BCUT2D eigenvalue weighted by atomic mass is 16.1. The molecule has 0 aromatic heterocycles. The third-order valence-corrected chi connectivity index (χ3v) is 7.08. The van der Waals surface area contributed by atoms with Crippen LogP contribution in [-0.4, -0.2) is 36.5 Å². The van der Waals surface area contributed by atoms with Crippen molar-refractivity contribution < 1.29 is 4.79 Å². The predicted molar refractivity (Wildman–Crippen MR) is 99.8 cm³/mol. The van der Waals surface area contributed by atoms with E-state index in [2.05, 4.69) is 31.0 Å². The van der Waals surface area contributed by atoms with Crippen molar-refractivity contribution >= 4 is 5.91 Å². The zero-order valence-electron chi connectivity index (χ0n) is 16.1. The molecule has 4 atom stereocenters. The van der Waals surface area contributed by atoms with Gasteiger partial charge in [0.15, 0.2) is 0 Å². The Morgan fingerprint density at radius 2 is 1.88 bits per heavy atom. The molecule has 0 radical (unpaired) electrons. The van der Waals surface area contributed by atoms with E-state index in [4.69, 9.17) is 0 Å². The first-order valence-corrected chi connectivity index (χ1v) is 10.6. The molecule has 1 amide bonds. The van der Waals surface area contributed by atoms with Gasteiger partial charge in [-0.3, -0.25) is 4.79 Å². The van der Waals surface area contributed by atoms with Gasteiger partial charge in [-0.25, -0.2) is 0 Å². The fourth-order valence-corrected chi connectivity index (χ4v) is 5.51. The summed E-state index contributed by atoms with van der Waals surface area (Å²) in [5.74, 6) is 3.19. The van der Waals surface area contributed by atoms with Gasteiger partial charge in [0.05, 0.1) is 0 Å². The first-order chi connectivity index (χ1) is 11.5. The second-order valence-corrected chi connectivity index (χ2v) is 9.27. The molecule has 0 aromatic rings. The molecular weight excluding hydrogens is 296 g/mol. The Hall–Kier alpha value is -0.570. The van der Waals surface area contributed by atoms with Crippen LogP contribution in [0.15, 0.2) is 0 Å². The minimum atomic E-state index is 0.251. The van der Waals surface area contributed by atoms with Crippen LogP contribution in [0.3, 0.4) is 0 Å². The van der Waals surface area contributed by atoms with E-state index in [9.17, 15) is 4.79 Å². The van der Waals surface area contributed by atoms with E-state index in [1.54, 1.807) is 0 Å². The van der Waals surface area contributed by atoms with E-state index >= 15 is 0 Å². The quantitative estimate of drug-likeness (QED) is 0.822. The highest BCUT2D eigenvalue weighted by Gasteiger charge is 2.36. The molecule has 1 saturated heterocycles. The van der Waals surface area contributed by atoms with Crippen LogP contribution in [0.4, 0.5) is 0 Å². The highest BCUT2D eigenvalue weighted by molar-refractivity contribution is 5.79. The summed E-state index contributed by atoms with van der Waals surface area (Å²) in [6.45, 7) is 10.2. The van der Waals surface area contributed by atoms with Gasteiger partial charge >= 0.3 is 0 Å². The third kappa shape index (κ3) is 4.33. The molecule has 2 aliphatic carbocycles. The maximum Gasteiger partial charge on any atom is 0.223 e. The minimum Gasteiger partial charge on any atom is -0.356 e. The number of carbonyl (C=O) groups is 1. The summed E-state index contributed by atoms with van der Waals surface area (Å²) in [5, 5.41) is 3.35. The second-order valence-electron chi connectivity index (χ2n) is 9.27. The lowest BCUT2D eigenvalue weighted by Gasteiger charge is -2.36. The van der Waals surface area contributed by atoms with Gasteiger partial charge in [0.2, 0.25) is 5.91 Å². The van der Waals surface area contributed by atoms with Crippen LogP contribution in [0.1, 0.15) is 72.1 Å². The number of hydrogen-bond acceptors (Lipinski definition) is 2. The Bertz CT molecular complexity index is 416. The standard InChI is InChI=1S/C21H38N2O/c1-15(2)19-9-8-16(3)12-20(19)21(24)22-13-17-10-11-23(14-17)18-6-4-5-7-18/h15-20H,4-14H2,1-3H3,(H,22,24)/t16-,17?,19+,20?/m1/s1. The topological polar surface area (TPSA) is 32.3 Å². The van der Waals surface area contributed by atoms with Gasteiger partial charge in [0, 0.05) is 25.0 Å². The summed E-state index contributed by atoms with van der Waals surface area (Å²) in [5.41, 5.74) is 0. The van der Waals surface area contributed by atoms with E-state index in [1.165, 1.54) is 58.0 Å². The number of rotatable bonds is 5. The van der Waals surface area contributed by atoms with Crippen molar-refractivity contribution in [2.24, 2.45) is 29.6 Å². The van der Waals surface area contributed by atoms with Crippen molar-refractivity contribution in [1.82, 2.24) is 10.2 Å². The maximum absolute atomic E-state index is 12.8. The smallest absolute Gasteiger partial charge is 0.223 e. The Labute approximate surface area is 148 Å². The fraction of sp³-hybridized carbons (Fsp3) is 0.952. The Kier molecular flexibility index (Phi) is 6.23. The summed E-state index contributed by atoms with van der Waals surface area (Å²) >= 11 is 0. The molecule has 3 rings (SSSR count). The molecular formula is C21H38N2O. The maximum atomic E-state index is 12.8. The largest absolute Gasteiger partial charge is 0.356 e. The molecule has 3 nitrogen and oxygen atoms in total. The first kappa shape index (κ1) is 18.2. The van der Waals surface area contributed by atoms with E-state index in [-0.39, 0.29) is 5.92 Å². The molecule has 0 aromatic carbocycles. The second kappa shape index (κ2) is 8.21.